The van der Waals surface area contributed by atoms with Gasteiger partial charge in [0.1, 0.15) is 0 Å². The first-order valence-electron chi connectivity index (χ1n) is 8.30. The van der Waals surface area contributed by atoms with Crippen molar-refractivity contribution in [3.05, 3.63) is 35.4 Å². The Balaban J connectivity index is 0.00000264. The number of hydrogen-bond donors (Lipinski definition) is 2. The molecule has 5 heteroatoms. The number of hydrogen-bond acceptors (Lipinski definition) is 2. The maximum absolute atomic E-state index is 4.37. The highest BCUT2D eigenvalue weighted by atomic mass is 127. The number of aliphatic imine (C=N–C) groups is 1. The molecule has 1 aliphatic carbocycles. The maximum Gasteiger partial charge on any atom is 0.191 e. The van der Waals surface area contributed by atoms with Crippen molar-refractivity contribution in [3.8, 4) is 0 Å². The molecule has 1 aliphatic rings. The van der Waals surface area contributed by atoms with E-state index in [4.69, 9.17) is 0 Å². The molecule has 1 aromatic rings. The maximum atomic E-state index is 4.37. The third kappa shape index (κ3) is 6.30. The van der Waals surface area contributed by atoms with E-state index >= 15 is 0 Å². The number of halogens is 1. The smallest absolute Gasteiger partial charge is 0.191 e. The minimum Gasteiger partial charge on any atom is -0.354 e. The van der Waals surface area contributed by atoms with Crippen LogP contribution in [-0.4, -0.2) is 44.6 Å². The van der Waals surface area contributed by atoms with Crippen LogP contribution < -0.4 is 10.6 Å². The van der Waals surface area contributed by atoms with Crippen LogP contribution in [-0.2, 0) is 0 Å². The summed E-state index contributed by atoms with van der Waals surface area (Å²) in [6.07, 6.45) is 5.18. The molecular formula is C18H31IN4. The average molecular weight is 430 g/mol. The van der Waals surface area contributed by atoms with Crippen LogP contribution in [0.4, 0.5) is 0 Å². The van der Waals surface area contributed by atoms with Gasteiger partial charge in [-0.05, 0) is 39.4 Å². The van der Waals surface area contributed by atoms with Gasteiger partial charge in [0, 0.05) is 19.6 Å². The van der Waals surface area contributed by atoms with Gasteiger partial charge in [-0.3, -0.25) is 4.99 Å². The molecule has 2 N–H and O–H groups in total. The minimum absolute atomic E-state index is 0. The van der Waals surface area contributed by atoms with Crippen LogP contribution in [0.1, 0.15) is 42.9 Å². The predicted octanol–water partition coefficient (Wildman–Crippen LogP) is 3.32. The van der Waals surface area contributed by atoms with Crippen LogP contribution in [0, 0.1) is 6.92 Å². The molecule has 0 heterocycles. The lowest BCUT2D eigenvalue weighted by Crippen LogP contribution is -2.45. The molecule has 2 rings (SSSR count). The molecule has 4 nitrogen and oxygen atoms in total. The Bertz CT molecular complexity index is 478. The van der Waals surface area contributed by atoms with E-state index < -0.39 is 0 Å². The second-order valence-corrected chi connectivity index (χ2v) is 6.47. The highest BCUT2D eigenvalue weighted by molar-refractivity contribution is 14.0. The van der Waals surface area contributed by atoms with E-state index in [0.717, 1.165) is 12.5 Å². The molecule has 130 valence electrons. The molecule has 0 saturated heterocycles. The Morgan fingerprint density at radius 3 is 2.35 bits per heavy atom. The monoisotopic (exact) mass is 430 g/mol. The van der Waals surface area contributed by atoms with Gasteiger partial charge in [0.15, 0.2) is 5.96 Å². The number of nitrogens with zero attached hydrogens (tertiary/aromatic N) is 2. The van der Waals surface area contributed by atoms with E-state index in [1.54, 1.807) is 0 Å². The molecule has 1 aromatic carbocycles. The summed E-state index contributed by atoms with van der Waals surface area (Å²) < 4.78 is 0. The standard InChI is InChI=1S/C18H30N4.HI/c1-14-9-11-15(12-10-14)17(22(3)4)13-20-18(19-2)21-16-7-5-6-8-16;/h9-12,16-17H,5-8,13H2,1-4H3,(H2,19,20,21);1H. The molecule has 0 radical (unpaired) electrons. The highest BCUT2D eigenvalue weighted by Gasteiger charge is 2.18. The summed E-state index contributed by atoms with van der Waals surface area (Å²) in [6, 6.07) is 9.71. The third-order valence-electron chi connectivity index (χ3n) is 4.47. The van der Waals surface area contributed by atoms with Crippen LogP contribution in [0.15, 0.2) is 29.3 Å². The van der Waals surface area contributed by atoms with Crippen molar-refractivity contribution in [2.75, 3.05) is 27.7 Å². The molecule has 1 fully saturated rings. The second kappa shape index (κ2) is 10.1. The lowest BCUT2D eigenvalue weighted by molar-refractivity contribution is 0.298. The van der Waals surface area contributed by atoms with Gasteiger partial charge in [0.25, 0.3) is 0 Å². The van der Waals surface area contributed by atoms with Crippen LogP contribution in [0.25, 0.3) is 0 Å². The zero-order valence-corrected chi connectivity index (χ0v) is 17.1. The Hall–Kier alpha value is -0.820. The van der Waals surface area contributed by atoms with Gasteiger partial charge in [-0.1, -0.05) is 42.7 Å². The molecule has 0 amide bonds. The Morgan fingerprint density at radius 2 is 1.83 bits per heavy atom. The van der Waals surface area contributed by atoms with Gasteiger partial charge in [0.2, 0.25) is 0 Å². The molecule has 1 atom stereocenters. The van der Waals surface area contributed by atoms with Crippen LogP contribution in [0.3, 0.4) is 0 Å². The Kier molecular flexibility index (Phi) is 8.91. The quantitative estimate of drug-likeness (QED) is 0.428. The van der Waals surface area contributed by atoms with Gasteiger partial charge in [-0.25, -0.2) is 0 Å². The van der Waals surface area contributed by atoms with Gasteiger partial charge < -0.3 is 15.5 Å². The Morgan fingerprint density at radius 1 is 1.22 bits per heavy atom. The van der Waals surface area contributed by atoms with Crippen molar-refractivity contribution in [3.63, 3.8) is 0 Å². The van der Waals surface area contributed by atoms with E-state index in [0.29, 0.717) is 12.1 Å². The summed E-state index contributed by atoms with van der Waals surface area (Å²) >= 11 is 0. The summed E-state index contributed by atoms with van der Waals surface area (Å²) in [5.41, 5.74) is 2.63. The highest BCUT2D eigenvalue weighted by Crippen LogP contribution is 2.19. The minimum atomic E-state index is 0. The van der Waals surface area contributed by atoms with Gasteiger partial charge >= 0.3 is 0 Å². The van der Waals surface area contributed by atoms with Crippen LogP contribution in [0.2, 0.25) is 0 Å². The molecule has 0 aromatic heterocycles. The first-order chi connectivity index (χ1) is 10.6. The van der Waals surface area contributed by atoms with E-state index in [2.05, 4.69) is 65.8 Å². The molecule has 23 heavy (non-hydrogen) atoms. The molecule has 0 spiro atoms. The van der Waals surface area contributed by atoms with Gasteiger partial charge in [-0.2, -0.15) is 0 Å². The molecule has 0 bridgehead atoms. The van der Waals surface area contributed by atoms with Crippen LogP contribution >= 0.6 is 24.0 Å². The van der Waals surface area contributed by atoms with Gasteiger partial charge in [0.05, 0.1) is 6.04 Å². The lowest BCUT2D eigenvalue weighted by atomic mass is 10.0. The predicted molar refractivity (Wildman–Crippen MR) is 110 cm³/mol. The number of benzene rings is 1. The Labute approximate surface area is 158 Å². The SMILES string of the molecule is CN=C(NCC(c1ccc(C)cc1)N(C)C)NC1CCCC1.I. The topological polar surface area (TPSA) is 39.7 Å². The molecular weight excluding hydrogens is 399 g/mol. The first-order valence-corrected chi connectivity index (χ1v) is 8.30. The fourth-order valence-corrected chi connectivity index (χ4v) is 3.04. The van der Waals surface area contributed by atoms with Crippen molar-refractivity contribution in [2.45, 2.75) is 44.7 Å². The fraction of sp³-hybridized carbons (Fsp3) is 0.611. The average Bonchev–Trinajstić information content (AvgIpc) is 3.00. The summed E-state index contributed by atoms with van der Waals surface area (Å²) in [4.78, 5) is 6.62. The number of aryl methyl sites for hydroxylation is 1. The summed E-state index contributed by atoms with van der Waals surface area (Å²) in [7, 11) is 6.10. The molecule has 1 saturated carbocycles. The van der Waals surface area contributed by atoms with E-state index in [1.165, 1.54) is 36.8 Å². The first kappa shape index (κ1) is 20.2. The van der Waals surface area contributed by atoms with E-state index in [-0.39, 0.29) is 24.0 Å². The van der Waals surface area contributed by atoms with Crippen molar-refractivity contribution in [1.29, 1.82) is 0 Å². The number of guanidine groups is 1. The number of nitrogens with one attached hydrogen (secondary N) is 2. The summed E-state index contributed by atoms with van der Waals surface area (Å²) in [5, 5.41) is 7.03. The van der Waals surface area contributed by atoms with Crippen LogP contribution in [0.5, 0.6) is 0 Å². The van der Waals surface area contributed by atoms with Crippen molar-refractivity contribution in [1.82, 2.24) is 15.5 Å². The normalized spacial score (nSPS) is 17.0. The fourth-order valence-electron chi connectivity index (χ4n) is 3.04. The largest absolute Gasteiger partial charge is 0.354 e. The lowest BCUT2D eigenvalue weighted by Gasteiger charge is -2.27. The van der Waals surface area contributed by atoms with Crippen molar-refractivity contribution >= 4 is 29.9 Å². The van der Waals surface area contributed by atoms with Crippen molar-refractivity contribution < 1.29 is 0 Å². The van der Waals surface area contributed by atoms with Crippen molar-refractivity contribution in [2.24, 2.45) is 4.99 Å². The molecule has 0 aliphatic heterocycles. The molecule has 1 unspecified atom stereocenters. The number of likely N-dealkylation sites (N-methyl/N-ethyl adjacent to an activating group) is 1. The number of rotatable bonds is 5. The summed E-state index contributed by atoms with van der Waals surface area (Å²) in [6.45, 7) is 2.97. The second-order valence-electron chi connectivity index (χ2n) is 6.47. The van der Waals surface area contributed by atoms with Gasteiger partial charge in [-0.15, -0.1) is 24.0 Å². The van der Waals surface area contributed by atoms with E-state index in [1.807, 2.05) is 7.05 Å². The zero-order chi connectivity index (χ0) is 15.9. The third-order valence-corrected chi connectivity index (χ3v) is 4.47. The zero-order valence-electron chi connectivity index (χ0n) is 14.8. The van der Waals surface area contributed by atoms with E-state index in [9.17, 15) is 0 Å². The summed E-state index contributed by atoms with van der Waals surface area (Å²) in [5.74, 6) is 0.922.